The van der Waals surface area contributed by atoms with E-state index in [0.29, 0.717) is 105 Å². The van der Waals surface area contributed by atoms with Crippen LogP contribution in [0.3, 0.4) is 0 Å². The Hall–Kier alpha value is -6.52. The second-order valence-electron chi connectivity index (χ2n) is 24.4. The average Bonchev–Trinajstić information content (AvgIpc) is 1.48. The lowest BCUT2D eigenvalue weighted by molar-refractivity contribution is -0.147. The SMILES string of the molecule is CC[C@@H](C1CCCCC1)N1Cc2cc3c(cc2C[C@H]1C(=O)O)N(C)C(=O)[C@@H](c1ccc(OCc2ccc(Cl)c(Cl)c2)cc1)O3.CC[C@H](C1CCCCC1)N1Cc2cc3c(cc2C[C@H]1C(=O)O)N(C)C(=O)[C@@H](c1ccc(OCc2ccc(Cl)c(Cl)c2)cc1)O3. The number of amides is 2. The molecule has 2 aliphatic carbocycles. The smallest absolute Gasteiger partial charge is 0.321 e. The van der Waals surface area contributed by atoms with Crippen LogP contribution in [0.1, 0.15) is 148 Å². The number of anilines is 2. The lowest BCUT2D eigenvalue weighted by atomic mass is 9.80. The average molecular weight is 1280 g/mol. The van der Waals surface area contributed by atoms with E-state index in [1.165, 1.54) is 38.5 Å². The van der Waals surface area contributed by atoms with E-state index in [2.05, 4.69) is 23.6 Å². The van der Waals surface area contributed by atoms with Gasteiger partial charge in [-0.3, -0.25) is 29.0 Å². The van der Waals surface area contributed by atoms with Crippen molar-refractivity contribution in [3.05, 3.63) is 174 Å². The van der Waals surface area contributed by atoms with E-state index in [0.717, 1.165) is 83.0 Å². The first-order valence-corrected chi connectivity index (χ1v) is 32.5. The highest BCUT2D eigenvalue weighted by molar-refractivity contribution is 6.42. The summed E-state index contributed by atoms with van der Waals surface area (Å²) >= 11 is 24.3. The number of carboxylic acid groups (broad SMARTS) is 2. The fourth-order valence-corrected chi connectivity index (χ4v) is 14.9. The Morgan fingerprint density at radius 1 is 0.511 bits per heavy atom. The highest BCUT2D eigenvalue weighted by atomic mass is 35.5. The van der Waals surface area contributed by atoms with Gasteiger partial charge in [0.1, 0.15) is 48.3 Å². The standard InChI is InChI=1S/2C35H38Cl2N2O5/c2*1-3-29(22-7-5-4-6-8-22)39-19-25-18-32-30(16-24(25)17-31(39)35(41)42)38(2)34(40)33(44-32)23-10-12-26(13-11-23)43-20-21-9-14-27(36)28(37)15-21/h2*9-16,18,22,29,31,33H,3-8,17,19-20H2,1-2H3,(H,41,42)/t29-,31+,33-;29-,31-,33+/m10/s1. The molecule has 0 spiro atoms. The van der Waals surface area contributed by atoms with Gasteiger partial charge in [-0.1, -0.05) is 135 Å². The molecule has 6 aromatic rings. The largest absolute Gasteiger partial charge is 0.489 e. The van der Waals surface area contributed by atoms with Crippen molar-refractivity contribution in [3.8, 4) is 23.0 Å². The van der Waals surface area contributed by atoms with Crippen LogP contribution in [-0.2, 0) is 58.3 Å². The number of nitrogens with zero attached hydrogens (tertiary/aromatic N) is 4. The summed E-state index contributed by atoms with van der Waals surface area (Å²) in [6.45, 7) is 6.14. The molecule has 4 heterocycles. The molecule has 2 fully saturated rings. The zero-order valence-corrected chi connectivity index (χ0v) is 53.2. The summed E-state index contributed by atoms with van der Waals surface area (Å²) in [5, 5.41) is 22.5. The first-order chi connectivity index (χ1) is 42.5. The molecule has 2 N–H and O–H groups in total. The van der Waals surface area contributed by atoms with Gasteiger partial charge < -0.3 is 39.0 Å². The van der Waals surface area contributed by atoms with E-state index in [9.17, 15) is 29.4 Å². The molecule has 6 atom stereocenters. The molecule has 0 aromatic heterocycles. The molecule has 2 saturated carbocycles. The second-order valence-corrected chi connectivity index (χ2v) is 26.0. The molecule has 2 amide bonds. The lowest BCUT2D eigenvalue weighted by Crippen LogP contribution is -2.53. The summed E-state index contributed by atoms with van der Waals surface area (Å²) in [6, 6.07) is 32.7. The molecule has 14 nitrogen and oxygen atoms in total. The summed E-state index contributed by atoms with van der Waals surface area (Å²) in [5.74, 6) is 1.69. The second kappa shape index (κ2) is 27.7. The van der Waals surface area contributed by atoms with Crippen LogP contribution in [0.2, 0.25) is 20.1 Å². The Morgan fingerprint density at radius 3 is 1.23 bits per heavy atom. The maximum atomic E-state index is 13.5. The van der Waals surface area contributed by atoms with Crippen molar-refractivity contribution in [1.82, 2.24) is 9.80 Å². The number of aliphatic carboxylic acids is 2. The van der Waals surface area contributed by atoms with Crippen LogP contribution < -0.4 is 28.7 Å². The van der Waals surface area contributed by atoms with Crippen molar-refractivity contribution >= 4 is 81.5 Å². The van der Waals surface area contributed by atoms with Crippen LogP contribution >= 0.6 is 46.4 Å². The number of ether oxygens (including phenoxy) is 4. The zero-order chi connectivity index (χ0) is 61.9. The lowest BCUT2D eigenvalue weighted by Gasteiger charge is -2.44. The quantitative estimate of drug-likeness (QED) is 0.0946. The van der Waals surface area contributed by atoms with E-state index < -0.39 is 36.2 Å². The Kier molecular flexibility index (Phi) is 19.8. The number of carboxylic acids is 2. The third-order valence-electron chi connectivity index (χ3n) is 19.0. The third-order valence-corrected chi connectivity index (χ3v) is 20.5. The summed E-state index contributed by atoms with van der Waals surface area (Å²) in [5.41, 5.74) is 8.66. The third kappa shape index (κ3) is 13.6. The van der Waals surface area contributed by atoms with Gasteiger partial charge in [-0.15, -0.1) is 0 Å². The number of rotatable bonds is 16. The first-order valence-electron chi connectivity index (χ1n) is 31.0. The van der Waals surface area contributed by atoms with E-state index in [1.54, 1.807) is 48.2 Å². The highest BCUT2D eigenvalue weighted by Gasteiger charge is 2.43. The first kappa shape index (κ1) is 63.1. The van der Waals surface area contributed by atoms with E-state index in [-0.39, 0.29) is 23.9 Å². The summed E-state index contributed by atoms with van der Waals surface area (Å²) < 4.78 is 24.6. The van der Waals surface area contributed by atoms with Crippen molar-refractivity contribution in [2.45, 2.75) is 166 Å². The molecule has 88 heavy (non-hydrogen) atoms. The van der Waals surface area contributed by atoms with Crippen molar-refractivity contribution in [2.75, 3.05) is 23.9 Å². The van der Waals surface area contributed by atoms with Gasteiger partial charge >= 0.3 is 11.9 Å². The van der Waals surface area contributed by atoms with Gasteiger partial charge in [0.2, 0.25) is 12.2 Å². The van der Waals surface area contributed by atoms with Gasteiger partial charge in [-0.25, -0.2) is 0 Å². The number of carbonyl (C=O) groups excluding carboxylic acids is 2. The van der Waals surface area contributed by atoms with Crippen LogP contribution in [0.15, 0.2) is 109 Å². The minimum atomic E-state index is -0.799. The van der Waals surface area contributed by atoms with Crippen LogP contribution in [0.25, 0.3) is 0 Å². The minimum absolute atomic E-state index is 0.183. The van der Waals surface area contributed by atoms with Crippen LogP contribution in [0.4, 0.5) is 11.4 Å². The fourth-order valence-electron chi connectivity index (χ4n) is 14.3. The van der Waals surface area contributed by atoms with Gasteiger partial charge in [0.05, 0.1) is 31.5 Å². The van der Waals surface area contributed by atoms with E-state index in [4.69, 9.17) is 65.4 Å². The summed E-state index contributed by atoms with van der Waals surface area (Å²) in [4.78, 5) is 59.6. The molecule has 12 rings (SSSR count). The topological polar surface area (TPSA) is 159 Å². The van der Waals surface area contributed by atoms with E-state index >= 15 is 0 Å². The van der Waals surface area contributed by atoms with Crippen molar-refractivity contribution < 1.29 is 48.3 Å². The maximum Gasteiger partial charge on any atom is 0.321 e. The zero-order valence-electron chi connectivity index (χ0n) is 50.2. The molecule has 0 bridgehead atoms. The predicted octanol–water partition coefficient (Wildman–Crippen LogP) is 15.7. The molecule has 464 valence electrons. The Bertz CT molecular complexity index is 3310. The van der Waals surface area contributed by atoms with Gasteiger partial charge in [0.15, 0.2) is 0 Å². The molecule has 6 aliphatic rings. The maximum absolute atomic E-state index is 13.5. The number of carbonyl (C=O) groups is 4. The van der Waals surface area contributed by atoms with Crippen molar-refractivity contribution in [2.24, 2.45) is 11.8 Å². The molecular formula is C70H76Cl4N4O10. The molecule has 4 aliphatic heterocycles. The van der Waals surface area contributed by atoms with Crippen LogP contribution in [0, 0.1) is 11.8 Å². The van der Waals surface area contributed by atoms with Gasteiger partial charge in [0.25, 0.3) is 11.8 Å². The van der Waals surface area contributed by atoms with Gasteiger partial charge in [-0.2, -0.15) is 0 Å². The monoisotopic (exact) mass is 1270 g/mol. The van der Waals surface area contributed by atoms with Gasteiger partial charge in [0, 0.05) is 50.4 Å². The number of likely N-dealkylation sites (N-methyl/N-ethyl adjacent to an activating group) is 2. The van der Waals surface area contributed by atoms with E-state index in [1.807, 2.05) is 84.9 Å². The fraction of sp³-hybridized carbons (Fsp3) is 0.429. The number of hydrogen-bond donors (Lipinski definition) is 2. The normalized spacial score (nSPS) is 21.3. The molecule has 0 unspecified atom stereocenters. The number of benzene rings is 6. The highest BCUT2D eigenvalue weighted by Crippen LogP contribution is 2.46. The number of hydrogen-bond acceptors (Lipinski definition) is 10. The summed E-state index contributed by atoms with van der Waals surface area (Å²) in [6.07, 6.45) is 13.1. The minimum Gasteiger partial charge on any atom is -0.489 e. The Balaban J connectivity index is 0.000000182. The summed E-state index contributed by atoms with van der Waals surface area (Å²) in [7, 11) is 3.50. The molecular weight excluding hydrogens is 1200 g/mol. The predicted molar refractivity (Wildman–Crippen MR) is 344 cm³/mol. The molecule has 0 radical (unpaired) electrons. The van der Waals surface area contributed by atoms with Crippen molar-refractivity contribution in [1.29, 1.82) is 0 Å². The molecule has 0 saturated heterocycles. The van der Waals surface area contributed by atoms with Crippen molar-refractivity contribution in [3.63, 3.8) is 0 Å². The number of halogens is 4. The van der Waals surface area contributed by atoms with Crippen LogP contribution in [-0.4, -0.2) is 82.0 Å². The number of fused-ring (bicyclic) bond motifs is 4. The molecule has 18 heteroatoms. The molecule has 6 aromatic carbocycles. The van der Waals surface area contributed by atoms with Gasteiger partial charge in [-0.05, 0) is 169 Å². The van der Waals surface area contributed by atoms with Crippen LogP contribution in [0.5, 0.6) is 23.0 Å². The Morgan fingerprint density at radius 2 is 0.886 bits per heavy atom. The Labute approximate surface area is 535 Å².